The summed E-state index contributed by atoms with van der Waals surface area (Å²) >= 11 is 0. The molecule has 0 fully saturated rings. The van der Waals surface area contributed by atoms with Crippen molar-refractivity contribution in [2.75, 3.05) is 19.1 Å². The van der Waals surface area contributed by atoms with Gasteiger partial charge in [0.2, 0.25) is 0 Å². The zero-order valence-corrected chi connectivity index (χ0v) is 14.2. The van der Waals surface area contributed by atoms with E-state index in [-0.39, 0.29) is 12.2 Å². The highest BCUT2D eigenvalue weighted by Gasteiger charge is 2.19. The van der Waals surface area contributed by atoms with Crippen LogP contribution in [0.25, 0.3) is 11.3 Å². The number of methoxy groups -OCH3 is 1. The molecule has 0 bridgehead atoms. The highest BCUT2D eigenvalue weighted by molar-refractivity contribution is 5.63. The van der Waals surface area contributed by atoms with Crippen molar-refractivity contribution in [1.82, 2.24) is 5.16 Å². The fourth-order valence-corrected chi connectivity index (χ4v) is 2.57. The van der Waals surface area contributed by atoms with Gasteiger partial charge >= 0.3 is 0 Å². The molecule has 3 rings (SSSR count). The Balaban J connectivity index is 1.79. The van der Waals surface area contributed by atoms with Crippen LogP contribution in [0.4, 0.5) is 15.8 Å². The van der Waals surface area contributed by atoms with E-state index >= 15 is 0 Å². The molecule has 8 heteroatoms. The Labute approximate surface area is 148 Å². The topological polar surface area (TPSA) is 81.6 Å². The monoisotopic (exact) mass is 357 g/mol. The molecule has 2 aromatic carbocycles. The minimum Gasteiger partial charge on any atom is -0.497 e. The lowest BCUT2D eigenvalue weighted by molar-refractivity contribution is -0.384. The SMILES string of the molecule is COc1ccc(-c2cc(CN(C)c3ccc(F)cc3[N+](=O)[O-])on2)cc1. The van der Waals surface area contributed by atoms with Crippen molar-refractivity contribution in [3.05, 3.63) is 70.2 Å². The summed E-state index contributed by atoms with van der Waals surface area (Å²) in [7, 11) is 3.25. The van der Waals surface area contributed by atoms with Gasteiger partial charge in [0.25, 0.3) is 5.69 Å². The lowest BCUT2D eigenvalue weighted by atomic mass is 10.1. The number of halogens is 1. The van der Waals surface area contributed by atoms with Crippen molar-refractivity contribution in [1.29, 1.82) is 0 Å². The van der Waals surface area contributed by atoms with Crippen LogP contribution in [0.1, 0.15) is 5.76 Å². The van der Waals surface area contributed by atoms with E-state index in [0.717, 1.165) is 17.4 Å². The smallest absolute Gasteiger partial charge is 0.295 e. The van der Waals surface area contributed by atoms with Gasteiger partial charge < -0.3 is 14.2 Å². The maximum absolute atomic E-state index is 13.3. The number of hydrogen-bond acceptors (Lipinski definition) is 6. The summed E-state index contributed by atoms with van der Waals surface area (Å²) in [6.45, 7) is 0.246. The van der Waals surface area contributed by atoms with Gasteiger partial charge in [0.05, 0.1) is 24.6 Å². The van der Waals surface area contributed by atoms with Crippen molar-refractivity contribution < 1.29 is 18.6 Å². The summed E-state index contributed by atoms with van der Waals surface area (Å²) in [4.78, 5) is 12.1. The van der Waals surface area contributed by atoms with E-state index in [9.17, 15) is 14.5 Å². The molecule has 0 amide bonds. The third-order valence-corrected chi connectivity index (χ3v) is 3.88. The average Bonchev–Trinajstić information content (AvgIpc) is 3.10. The van der Waals surface area contributed by atoms with Crippen molar-refractivity contribution in [3.63, 3.8) is 0 Å². The number of nitrogens with zero attached hydrogens (tertiary/aromatic N) is 3. The molecule has 0 aliphatic heterocycles. The van der Waals surface area contributed by atoms with Crippen molar-refractivity contribution in [2.45, 2.75) is 6.54 Å². The predicted molar refractivity (Wildman–Crippen MR) is 93.7 cm³/mol. The first kappa shape index (κ1) is 17.4. The molecule has 26 heavy (non-hydrogen) atoms. The Morgan fingerprint density at radius 3 is 2.62 bits per heavy atom. The van der Waals surface area contributed by atoms with Crippen LogP contribution in [0.5, 0.6) is 5.75 Å². The number of hydrogen-bond donors (Lipinski definition) is 0. The number of nitro benzene ring substituents is 1. The minimum absolute atomic E-state index is 0.246. The third kappa shape index (κ3) is 3.64. The van der Waals surface area contributed by atoms with Crippen molar-refractivity contribution in [3.8, 4) is 17.0 Å². The molecule has 0 aliphatic rings. The van der Waals surface area contributed by atoms with Crippen LogP contribution < -0.4 is 9.64 Å². The van der Waals surface area contributed by atoms with Gasteiger partial charge in [-0.15, -0.1) is 0 Å². The molecule has 1 heterocycles. The highest BCUT2D eigenvalue weighted by Crippen LogP contribution is 2.30. The maximum Gasteiger partial charge on any atom is 0.295 e. The van der Waals surface area contributed by atoms with Gasteiger partial charge in [-0.1, -0.05) is 5.16 Å². The largest absolute Gasteiger partial charge is 0.497 e. The van der Waals surface area contributed by atoms with E-state index in [4.69, 9.17) is 9.26 Å². The second kappa shape index (κ2) is 7.22. The number of ether oxygens (including phenoxy) is 1. The van der Waals surface area contributed by atoms with Gasteiger partial charge in [0.1, 0.15) is 22.9 Å². The molecule has 0 saturated carbocycles. The third-order valence-electron chi connectivity index (χ3n) is 3.88. The van der Waals surface area contributed by atoms with Gasteiger partial charge in [-0.05, 0) is 36.4 Å². The van der Waals surface area contributed by atoms with E-state index in [1.54, 1.807) is 25.1 Å². The van der Waals surface area contributed by atoms with Crippen LogP contribution in [-0.4, -0.2) is 24.2 Å². The molecule has 7 nitrogen and oxygen atoms in total. The first-order valence-corrected chi connectivity index (χ1v) is 7.73. The molecule has 134 valence electrons. The summed E-state index contributed by atoms with van der Waals surface area (Å²) < 4.78 is 23.7. The zero-order chi connectivity index (χ0) is 18.7. The molecule has 3 aromatic rings. The van der Waals surface area contributed by atoms with Crippen molar-refractivity contribution in [2.24, 2.45) is 0 Å². The van der Waals surface area contributed by atoms with E-state index in [1.165, 1.54) is 12.1 Å². The van der Waals surface area contributed by atoms with Gasteiger partial charge in [-0.25, -0.2) is 4.39 Å². The molecule has 0 atom stereocenters. The molecule has 1 aromatic heterocycles. The van der Waals surface area contributed by atoms with Gasteiger partial charge in [-0.3, -0.25) is 10.1 Å². The minimum atomic E-state index is -0.657. The molecule has 0 aliphatic carbocycles. The fraction of sp³-hybridized carbons (Fsp3) is 0.167. The average molecular weight is 357 g/mol. The molecular formula is C18H16FN3O4. The number of nitro groups is 1. The van der Waals surface area contributed by atoms with Crippen molar-refractivity contribution >= 4 is 11.4 Å². The normalized spacial score (nSPS) is 10.6. The second-order valence-electron chi connectivity index (χ2n) is 5.65. The lowest BCUT2D eigenvalue weighted by Gasteiger charge is -2.17. The summed E-state index contributed by atoms with van der Waals surface area (Å²) in [6.07, 6.45) is 0. The van der Waals surface area contributed by atoms with E-state index in [2.05, 4.69) is 5.16 Å². The first-order valence-electron chi connectivity index (χ1n) is 7.73. The number of anilines is 1. The fourth-order valence-electron chi connectivity index (χ4n) is 2.57. The Morgan fingerprint density at radius 1 is 1.23 bits per heavy atom. The van der Waals surface area contributed by atoms with Crippen LogP contribution in [0, 0.1) is 15.9 Å². The molecule has 0 unspecified atom stereocenters. The molecule has 0 N–H and O–H groups in total. The summed E-state index contributed by atoms with van der Waals surface area (Å²) in [5, 5.41) is 15.2. The number of rotatable bonds is 6. The molecular weight excluding hydrogens is 341 g/mol. The Morgan fingerprint density at radius 2 is 1.96 bits per heavy atom. The highest BCUT2D eigenvalue weighted by atomic mass is 19.1. The number of benzene rings is 2. The first-order chi connectivity index (χ1) is 12.5. The van der Waals surface area contributed by atoms with E-state index in [1.807, 2.05) is 24.3 Å². The molecule has 0 saturated heterocycles. The number of aromatic nitrogens is 1. The van der Waals surface area contributed by atoms with Crippen LogP contribution in [0.15, 0.2) is 53.1 Å². The van der Waals surface area contributed by atoms with E-state index < -0.39 is 10.7 Å². The van der Waals surface area contributed by atoms with Gasteiger partial charge in [0.15, 0.2) is 5.76 Å². The van der Waals surface area contributed by atoms with Crippen LogP contribution in [-0.2, 0) is 6.54 Å². The quantitative estimate of drug-likeness (QED) is 0.489. The van der Waals surface area contributed by atoms with Crippen LogP contribution in [0.2, 0.25) is 0 Å². The Kier molecular flexibility index (Phi) is 4.83. The predicted octanol–water partition coefficient (Wildman–Crippen LogP) is 4.03. The Bertz CT molecular complexity index is 924. The second-order valence-corrected chi connectivity index (χ2v) is 5.65. The molecule has 0 spiro atoms. The molecule has 0 radical (unpaired) electrons. The van der Waals surface area contributed by atoms with E-state index in [0.29, 0.717) is 17.1 Å². The summed E-state index contributed by atoms with van der Waals surface area (Å²) in [5.41, 5.74) is 1.49. The lowest BCUT2D eigenvalue weighted by Crippen LogP contribution is -2.17. The van der Waals surface area contributed by atoms with Crippen LogP contribution >= 0.6 is 0 Å². The maximum atomic E-state index is 13.3. The Hall–Kier alpha value is -3.42. The zero-order valence-electron chi connectivity index (χ0n) is 14.2. The van der Waals surface area contributed by atoms with Crippen LogP contribution in [0.3, 0.4) is 0 Å². The van der Waals surface area contributed by atoms with Gasteiger partial charge in [-0.2, -0.15) is 0 Å². The summed E-state index contributed by atoms with van der Waals surface area (Å²) in [6, 6.07) is 12.6. The summed E-state index contributed by atoms with van der Waals surface area (Å²) in [5.74, 6) is 0.605. The standard InChI is InChI=1S/C18H16FN3O4/c1-21(17-8-5-13(19)9-18(17)22(23)24)11-15-10-16(20-26-15)12-3-6-14(25-2)7-4-12/h3-10H,11H2,1-2H3. The van der Waals surface area contributed by atoms with Gasteiger partial charge in [0, 0.05) is 18.7 Å².